The van der Waals surface area contributed by atoms with Crippen LogP contribution in [0.4, 0.5) is 0 Å². The number of phenols is 1. The van der Waals surface area contributed by atoms with E-state index in [9.17, 15) is 5.11 Å². The molecule has 0 saturated carbocycles. The number of rotatable bonds is 2. The minimum absolute atomic E-state index is 0.0565. The summed E-state index contributed by atoms with van der Waals surface area (Å²) in [5, 5.41) is 13.7. The van der Waals surface area contributed by atoms with Gasteiger partial charge in [0.25, 0.3) is 0 Å². The van der Waals surface area contributed by atoms with E-state index in [-0.39, 0.29) is 23.4 Å². The summed E-state index contributed by atoms with van der Waals surface area (Å²) in [6, 6.07) is 3.76. The highest BCUT2D eigenvalue weighted by atomic mass is 16.5. The lowest BCUT2D eigenvalue weighted by Gasteiger charge is -2.36. The molecular formula is C17H21NO3. The van der Waals surface area contributed by atoms with Crippen molar-refractivity contribution in [1.29, 1.82) is 0 Å². The number of phenolic OH excluding ortho intramolecular Hbond substituents is 1. The normalized spacial score (nSPS) is 33.0. The summed E-state index contributed by atoms with van der Waals surface area (Å²) in [7, 11) is 0. The fourth-order valence-corrected chi connectivity index (χ4v) is 4.04. The quantitative estimate of drug-likeness (QED) is 0.819. The van der Waals surface area contributed by atoms with Crippen molar-refractivity contribution in [2.45, 2.75) is 43.9 Å². The van der Waals surface area contributed by atoms with Crippen molar-refractivity contribution in [2.75, 3.05) is 13.2 Å². The molecule has 0 aromatic heterocycles. The van der Waals surface area contributed by atoms with E-state index in [0.29, 0.717) is 12.4 Å². The summed E-state index contributed by atoms with van der Waals surface area (Å²) in [6.45, 7) is 4.52. The highest BCUT2D eigenvalue weighted by Crippen LogP contribution is 2.55. The SMILES string of the molecule is CCO[C@H]1C=C[C@@]23CCNCc4ccc(O)c(c42)O[C@H]3C1. The van der Waals surface area contributed by atoms with E-state index in [1.54, 1.807) is 6.07 Å². The van der Waals surface area contributed by atoms with Crippen molar-refractivity contribution in [3.8, 4) is 11.5 Å². The molecule has 4 rings (SSSR count). The molecule has 2 aliphatic heterocycles. The van der Waals surface area contributed by atoms with Crippen LogP contribution >= 0.6 is 0 Å². The third-order valence-corrected chi connectivity index (χ3v) is 4.99. The van der Waals surface area contributed by atoms with Crippen molar-refractivity contribution in [3.63, 3.8) is 0 Å². The first-order valence-corrected chi connectivity index (χ1v) is 7.78. The first kappa shape index (κ1) is 13.2. The average molecular weight is 287 g/mol. The van der Waals surface area contributed by atoms with Crippen LogP contribution in [0.3, 0.4) is 0 Å². The van der Waals surface area contributed by atoms with Gasteiger partial charge in [-0.2, -0.15) is 0 Å². The highest BCUT2D eigenvalue weighted by molar-refractivity contribution is 5.60. The van der Waals surface area contributed by atoms with E-state index < -0.39 is 0 Å². The van der Waals surface area contributed by atoms with Crippen LogP contribution in [-0.4, -0.2) is 30.5 Å². The molecule has 1 spiro atoms. The van der Waals surface area contributed by atoms with E-state index in [1.165, 1.54) is 11.1 Å². The Labute approximate surface area is 124 Å². The van der Waals surface area contributed by atoms with Gasteiger partial charge < -0.3 is 19.9 Å². The summed E-state index contributed by atoms with van der Waals surface area (Å²) < 4.78 is 11.9. The van der Waals surface area contributed by atoms with Crippen LogP contribution in [0.2, 0.25) is 0 Å². The van der Waals surface area contributed by atoms with Crippen molar-refractivity contribution >= 4 is 0 Å². The lowest BCUT2D eigenvalue weighted by molar-refractivity contribution is 0.0348. The van der Waals surface area contributed by atoms with Crippen LogP contribution in [0.25, 0.3) is 0 Å². The van der Waals surface area contributed by atoms with Gasteiger partial charge in [-0.25, -0.2) is 0 Å². The third-order valence-electron chi connectivity index (χ3n) is 4.99. The molecule has 4 nitrogen and oxygen atoms in total. The maximum atomic E-state index is 10.2. The minimum Gasteiger partial charge on any atom is -0.504 e. The molecule has 2 heterocycles. The van der Waals surface area contributed by atoms with Crippen LogP contribution in [0.15, 0.2) is 24.3 Å². The Morgan fingerprint density at radius 1 is 1.48 bits per heavy atom. The minimum atomic E-state index is -0.111. The zero-order chi connectivity index (χ0) is 14.4. The molecule has 0 radical (unpaired) electrons. The number of ether oxygens (including phenoxy) is 2. The number of hydrogen-bond donors (Lipinski definition) is 2. The second kappa shape index (κ2) is 4.75. The molecule has 4 heteroatoms. The molecular weight excluding hydrogens is 266 g/mol. The van der Waals surface area contributed by atoms with Gasteiger partial charge in [0.15, 0.2) is 11.5 Å². The van der Waals surface area contributed by atoms with Gasteiger partial charge in [0.2, 0.25) is 0 Å². The predicted molar refractivity (Wildman–Crippen MR) is 79.7 cm³/mol. The second-order valence-corrected chi connectivity index (χ2v) is 6.11. The standard InChI is InChI=1S/C17H21NO3/c1-2-20-12-5-6-17-7-8-18-10-11-3-4-13(19)16(15(11)17)21-14(17)9-12/h3-6,12,14,18-19H,2,7-10H2,1H3/t12-,14-,17-/m0/s1. The molecule has 112 valence electrons. The number of hydrogen-bond acceptors (Lipinski definition) is 4. The first-order chi connectivity index (χ1) is 10.2. The summed E-state index contributed by atoms with van der Waals surface area (Å²) in [5.41, 5.74) is 2.31. The number of aromatic hydroxyl groups is 1. The van der Waals surface area contributed by atoms with Gasteiger partial charge in [-0.05, 0) is 31.5 Å². The summed E-state index contributed by atoms with van der Waals surface area (Å²) in [4.78, 5) is 0. The summed E-state index contributed by atoms with van der Waals surface area (Å²) in [5.74, 6) is 0.939. The van der Waals surface area contributed by atoms with E-state index >= 15 is 0 Å². The van der Waals surface area contributed by atoms with E-state index in [2.05, 4.69) is 17.5 Å². The average Bonchev–Trinajstić information content (AvgIpc) is 2.71. The van der Waals surface area contributed by atoms with Crippen molar-refractivity contribution in [3.05, 3.63) is 35.4 Å². The molecule has 2 N–H and O–H groups in total. The zero-order valence-corrected chi connectivity index (χ0v) is 12.3. The molecule has 0 fully saturated rings. The molecule has 21 heavy (non-hydrogen) atoms. The molecule has 1 aromatic carbocycles. The summed E-state index contributed by atoms with van der Waals surface area (Å²) >= 11 is 0. The molecule has 3 atom stereocenters. The van der Waals surface area contributed by atoms with Crippen LogP contribution in [-0.2, 0) is 16.7 Å². The van der Waals surface area contributed by atoms with Crippen molar-refractivity contribution in [2.24, 2.45) is 0 Å². The largest absolute Gasteiger partial charge is 0.504 e. The Kier molecular flexibility index (Phi) is 2.98. The second-order valence-electron chi connectivity index (χ2n) is 6.11. The predicted octanol–water partition coefficient (Wildman–Crippen LogP) is 2.25. The van der Waals surface area contributed by atoms with Crippen LogP contribution < -0.4 is 10.1 Å². The van der Waals surface area contributed by atoms with Gasteiger partial charge in [-0.15, -0.1) is 0 Å². The lowest BCUT2D eigenvalue weighted by atomic mass is 9.69. The molecule has 0 amide bonds. The molecule has 1 aliphatic carbocycles. The van der Waals surface area contributed by atoms with Crippen LogP contribution in [0, 0.1) is 0 Å². The van der Waals surface area contributed by atoms with Gasteiger partial charge in [-0.3, -0.25) is 0 Å². The maximum absolute atomic E-state index is 10.2. The Balaban J connectivity index is 1.84. The van der Waals surface area contributed by atoms with Gasteiger partial charge in [0.1, 0.15) is 6.10 Å². The first-order valence-electron chi connectivity index (χ1n) is 7.78. The van der Waals surface area contributed by atoms with Crippen LogP contribution in [0.1, 0.15) is 30.9 Å². The van der Waals surface area contributed by atoms with E-state index in [4.69, 9.17) is 9.47 Å². The molecule has 0 saturated heterocycles. The van der Waals surface area contributed by atoms with Gasteiger partial charge in [0.05, 0.1) is 11.5 Å². The number of benzene rings is 1. The highest BCUT2D eigenvalue weighted by Gasteiger charge is 2.52. The Bertz CT molecular complexity index is 598. The van der Waals surface area contributed by atoms with Gasteiger partial charge in [-0.1, -0.05) is 18.2 Å². The van der Waals surface area contributed by atoms with E-state index in [1.807, 2.05) is 13.0 Å². The van der Waals surface area contributed by atoms with Gasteiger partial charge in [0, 0.05) is 25.1 Å². The monoisotopic (exact) mass is 287 g/mol. The fourth-order valence-electron chi connectivity index (χ4n) is 4.04. The molecule has 0 bridgehead atoms. The molecule has 3 aliphatic rings. The Morgan fingerprint density at radius 3 is 3.24 bits per heavy atom. The Hall–Kier alpha value is -1.52. The smallest absolute Gasteiger partial charge is 0.165 e. The van der Waals surface area contributed by atoms with Crippen LogP contribution in [0.5, 0.6) is 11.5 Å². The topological polar surface area (TPSA) is 50.7 Å². The zero-order valence-electron chi connectivity index (χ0n) is 12.3. The van der Waals surface area contributed by atoms with E-state index in [0.717, 1.165) is 25.9 Å². The lowest BCUT2D eigenvalue weighted by Crippen LogP contribution is -2.43. The fraction of sp³-hybridized carbons (Fsp3) is 0.529. The summed E-state index contributed by atoms with van der Waals surface area (Å²) in [6.07, 6.45) is 6.46. The molecule has 1 aromatic rings. The van der Waals surface area contributed by atoms with Gasteiger partial charge >= 0.3 is 0 Å². The van der Waals surface area contributed by atoms with Crippen molar-refractivity contribution < 1.29 is 14.6 Å². The number of nitrogens with one attached hydrogen (secondary N) is 1. The third kappa shape index (κ3) is 1.82. The maximum Gasteiger partial charge on any atom is 0.165 e. The van der Waals surface area contributed by atoms with Crippen molar-refractivity contribution in [1.82, 2.24) is 5.32 Å². The Morgan fingerprint density at radius 2 is 2.38 bits per heavy atom. The molecule has 0 unspecified atom stereocenters.